The molecule has 0 radical (unpaired) electrons. The fourth-order valence-corrected chi connectivity index (χ4v) is 5.45. The van der Waals surface area contributed by atoms with Crippen LogP contribution in [-0.4, -0.2) is 39.4 Å². The molecule has 0 bridgehead atoms. The zero-order chi connectivity index (χ0) is 28.8. The Morgan fingerprint density at radius 1 is 0.927 bits per heavy atom. The average Bonchev–Trinajstić information content (AvgIpc) is 3.31. The van der Waals surface area contributed by atoms with Crippen LogP contribution in [-0.2, 0) is 15.0 Å². The second-order valence-electron chi connectivity index (χ2n) is 11.5. The Balaban J connectivity index is 1.45. The van der Waals surface area contributed by atoms with Crippen molar-refractivity contribution in [2.24, 2.45) is 0 Å². The largest absolute Gasteiger partial charge is 0.465 e. The topological polar surface area (TPSA) is 94.8 Å². The molecule has 3 aromatic carbocycles. The average molecular weight is 549 g/mol. The van der Waals surface area contributed by atoms with E-state index in [1.54, 1.807) is 10.6 Å². The molecule has 1 aliphatic rings. The van der Waals surface area contributed by atoms with E-state index in [2.05, 4.69) is 29.6 Å². The summed E-state index contributed by atoms with van der Waals surface area (Å²) in [6.07, 6.45) is 4.30. The molecule has 8 heteroatoms. The Hall–Kier alpha value is -4.72. The first-order valence-corrected chi connectivity index (χ1v) is 13.8. The Labute approximate surface area is 238 Å². The molecule has 0 spiro atoms. The van der Waals surface area contributed by atoms with Gasteiger partial charge in [0.15, 0.2) is 5.65 Å². The van der Waals surface area contributed by atoms with Crippen LogP contribution in [0.4, 0.5) is 4.79 Å². The molecule has 1 amide bonds. The van der Waals surface area contributed by atoms with E-state index in [1.807, 2.05) is 69.4 Å². The normalized spacial score (nSPS) is 14.4. The standard InChI is InChI=1S/C33H32N4O4/c1-32(2,3)41-31(39)35-33(18-9-19-33)23-16-14-22(15-17-23)27-26(21-10-6-5-7-11-21)20-37-29(34-27)24-12-8-13-25(28(24)36-37)30(38)40-4/h5-8,10-17,20H,9,18-19H2,1-4H3,(H,35,39). The van der Waals surface area contributed by atoms with Gasteiger partial charge in [0.05, 0.1) is 23.9 Å². The number of alkyl carbamates (subject to hydrolysis) is 1. The zero-order valence-corrected chi connectivity index (χ0v) is 23.6. The molecule has 1 aliphatic carbocycles. The van der Waals surface area contributed by atoms with E-state index in [0.717, 1.165) is 52.6 Å². The first-order valence-electron chi connectivity index (χ1n) is 13.8. The third-order valence-electron chi connectivity index (χ3n) is 7.57. The van der Waals surface area contributed by atoms with Crippen LogP contribution in [0, 0.1) is 0 Å². The van der Waals surface area contributed by atoms with Crippen LogP contribution in [0.2, 0.25) is 0 Å². The molecule has 0 saturated heterocycles. The van der Waals surface area contributed by atoms with Gasteiger partial charge in [0.2, 0.25) is 0 Å². The number of aromatic nitrogens is 3. The Bertz CT molecular complexity index is 1770. The van der Waals surface area contributed by atoms with Crippen LogP contribution >= 0.6 is 0 Å². The number of carbonyl (C=O) groups excluding carboxylic acids is 2. The van der Waals surface area contributed by atoms with Crippen molar-refractivity contribution in [2.45, 2.75) is 51.2 Å². The van der Waals surface area contributed by atoms with Gasteiger partial charge in [0.1, 0.15) is 11.1 Å². The summed E-state index contributed by atoms with van der Waals surface area (Å²) in [5.41, 5.74) is 5.25. The van der Waals surface area contributed by atoms with Crippen molar-refractivity contribution in [3.05, 3.63) is 90.1 Å². The molecule has 8 nitrogen and oxygen atoms in total. The quantitative estimate of drug-likeness (QED) is 0.240. The molecule has 1 fully saturated rings. The lowest BCUT2D eigenvalue weighted by Crippen LogP contribution is -2.52. The molecule has 6 rings (SSSR count). The van der Waals surface area contributed by atoms with Crippen LogP contribution in [0.5, 0.6) is 0 Å². The van der Waals surface area contributed by atoms with Gasteiger partial charge in [-0.1, -0.05) is 60.7 Å². The van der Waals surface area contributed by atoms with E-state index >= 15 is 0 Å². The number of nitrogens with zero attached hydrogens (tertiary/aromatic N) is 3. The number of ether oxygens (including phenoxy) is 2. The highest BCUT2D eigenvalue weighted by Gasteiger charge is 2.41. The number of amides is 1. The van der Waals surface area contributed by atoms with Crippen molar-refractivity contribution in [2.75, 3.05) is 7.11 Å². The van der Waals surface area contributed by atoms with Crippen LogP contribution < -0.4 is 5.32 Å². The Morgan fingerprint density at radius 2 is 1.66 bits per heavy atom. The number of fused-ring (bicyclic) bond motifs is 3. The molecular formula is C33H32N4O4. The van der Waals surface area contributed by atoms with Gasteiger partial charge in [-0.25, -0.2) is 19.1 Å². The van der Waals surface area contributed by atoms with E-state index in [4.69, 9.17) is 19.6 Å². The molecule has 5 aromatic rings. The molecular weight excluding hydrogens is 516 g/mol. The fourth-order valence-electron chi connectivity index (χ4n) is 5.45. The lowest BCUT2D eigenvalue weighted by molar-refractivity contribution is 0.0377. The number of esters is 1. The van der Waals surface area contributed by atoms with E-state index in [1.165, 1.54) is 7.11 Å². The van der Waals surface area contributed by atoms with Crippen molar-refractivity contribution in [3.8, 4) is 22.4 Å². The van der Waals surface area contributed by atoms with E-state index in [0.29, 0.717) is 16.7 Å². The maximum absolute atomic E-state index is 12.6. The first kappa shape index (κ1) is 26.5. The van der Waals surface area contributed by atoms with Crippen molar-refractivity contribution in [3.63, 3.8) is 0 Å². The zero-order valence-electron chi connectivity index (χ0n) is 23.6. The summed E-state index contributed by atoms with van der Waals surface area (Å²) in [4.78, 5) is 30.2. The second kappa shape index (κ2) is 10.0. The summed E-state index contributed by atoms with van der Waals surface area (Å²) in [5, 5.41) is 8.62. The number of hydrogen-bond donors (Lipinski definition) is 1. The number of rotatable bonds is 5. The SMILES string of the molecule is COC(=O)c1cccc2c1nn1cc(-c3ccccc3)c(-c3ccc(C4(NC(=O)OC(C)(C)C)CCC4)cc3)nc21. The van der Waals surface area contributed by atoms with Crippen LogP contribution in [0.25, 0.3) is 38.9 Å². The summed E-state index contributed by atoms with van der Waals surface area (Å²) >= 11 is 0. The third-order valence-corrected chi connectivity index (χ3v) is 7.57. The molecule has 0 atom stereocenters. The smallest absolute Gasteiger partial charge is 0.408 e. The summed E-state index contributed by atoms with van der Waals surface area (Å²) in [5.74, 6) is -0.442. The van der Waals surface area contributed by atoms with Gasteiger partial charge in [0, 0.05) is 22.7 Å². The number of hydrogen-bond acceptors (Lipinski definition) is 6. The molecule has 0 unspecified atom stereocenters. The lowest BCUT2D eigenvalue weighted by Gasteiger charge is -2.43. The molecule has 1 N–H and O–H groups in total. The molecule has 2 heterocycles. The first-order chi connectivity index (χ1) is 19.7. The second-order valence-corrected chi connectivity index (χ2v) is 11.5. The van der Waals surface area contributed by atoms with Gasteiger partial charge >= 0.3 is 12.1 Å². The van der Waals surface area contributed by atoms with Gasteiger partial charge in [-0.15, -0.1) is 0 Å². The van der Waals surface area contributed by atoms with Gasteiger partial charge in [-0.05, 0) is 63.3 Å². The van der Waals surface area contributed by atoms with E-state index in [-0.39, 0.29) is 0 Å². The Morgan fingerprint density at radius 3 is 2.29 bits per heavy atom. The number of benzene rings is 3. The van der Waals surface area contributed by atoms with E-state index < -0.39 is 23.2 Å². The highest BCUT2D eigenvalue weighted by atomic mass is 16.6. The maximum Gasteiger partial charge on any atom is 0.408 e. The van der Waals surface area contributed by atoms with Crippen molar-refractivity contribution in [1.82, 2.24) is 19.9 Å². The van der Waals surface area contributed by atoms with E-state index in [9.17, 15) is 9.59 Å². The summed E-state index contributed by atoms with van der Waals surface area (Å²) in [7, 11) is 1.36. The minimum Gasteiger partial charge on any atom is -0.465 e. The van der Waals surface area contributed by atoms with Gasteiger partial charge < -0.3 is 14.8 Å². The summed E-state index contributed by atoms with van der Waals surface area (Å²) in [6.45, 7) is 5.59. The predicted octanol–water partition coefficient (Wildman–Crippen LogP) is 6.91. The van der Waals surface area contributed by atoms with Gasteiger partial charge in [0.25, 0.3) is 0 Å². The number of methoxy groups -OCH3 is 1. The van der Waals surface area contributed by atoms with Crippen molar-refractivity contribution < 1.29 is 19.1 Å². The molecule has 208 valence electrons. The van der Waals surface area contributed by atoms with Crippen LogP contribution in [0.1, 0.15) is 56.0 Å². The highest BCUT2D eigenvalue weighted by molar-refractivity contribution is 6.07. The molecule has 0 aliphatic heterocycles. The minimum atomic E-state index is -0.563. The van der Waals surface area contributed by atoms with Crippen molar-refractivity contribution >= 4 is 28.6 Å². The predicted molar refractivity (Wildman–Crippen MR) is 158 cm³/mol. The molecule has 41 heavy (non-hydrogen) atoms. The molecule has 2 aromatic heterocycles. The third kappa shape index (κ3) is 4.90. The number of nitrogens with one attached hydrogen (secondary N) is 1. The minimum absolute atomic E-state index is 0.394. The summed E-state index contributed by atoms with van der Waals surface area (Å²) < 4.78 is 12.3. The monoisotopic (exact) mass is 548 g/mol. The summed E-state index contributed by atoms with van der Waals surface area (Å²) in [6, 6.07) is 23.7. The molecule has 1 saturated carbocycles. The van der Waals surface area contributed by atoms with Crippen molar-refractivity contribution in [1.29, 1.82) is 0 Å². The Kier molecular flexibility index (Phi) is 6.49. The number of carbonyl (C=O) groups is 2. The van der Waals surface area contributed by atoms with Gasteiger partial charge in [-0.3, -0.25) is 0 Å². The van der Waals surface area contributed by atoms with Gasteiger partial charge in [-0.2, -0.15) is 5.10 Å². The maximum atomic E-state index is 12.6. The highest BCUT2D eigenvalue weighted by Crippen LogP contribution is 2.42. The van der Waals surface area contributed by atoms with Crippen LogP contribution in [0.15, 0.2) is 79.0 Å². The lowest BCUT2D eigenvalue weighted by atomic mass is 9.71. The van der Waals surface area contributed by atoms with Crippen LogP contribution in [0.3, 0.4) is 0 Å². The fraction of sp³-hybridized carbons (Fsp3) is 0.273.